The van der Waals surface area contributed by atoms with Gasteiger partial charge in [-0.1, -0.05) is 30.9 Å². The molecule has 0 spiro atoms. The van der Waals surface area contributed by atoms with E-state index in [-0.39, 0.29) is 17.0 Å². The van der Waals surface area contributed by atoms with Gasteiger partial charge in [0.15, 0.2) is 0 Å². The number of hydrogen-bond donors (Lipinski definition) is 0. The molecule has 3 rings (SSSR count). The summed E-state index contributed by atoms with van der Waals surface area (Å²) in [6, 6.07) is 2.05. The van der Waals surface area contributed by atoms with Crippen LogP contribution in [0, 0.1) is 24.2 Å². The highest BCUT2D eigenvalue weighted by molar-refractivity contribution is 8.26. The highest BCUT2D eigenvalue weighted by Gasteiger charge is 2.33. The molecule has 3 heterocycles. The molecule has 0 saturated carbocycles. The second kappa shape index (κ2) is 10.6. The molecule has 1 amide bonds. The summed E-state index contributed by atoms with van der Waals surface area (Å²) in [6.07, 6.45) is 4.59. The lowest BCUT2D eigenvalue weighted by Gasteiger charge is -2.34. The summed E-state index contributed by atoms with van der Waals surface area (Å²) in [7, 11) is 1.70. The van der Waals surface area contributed by atoms with Gasteiger partial charge in [0.1, 0.15) is 21.8 Å². The van der Waals surface area contributed by atoms with Gasteiger partial charge in [0, 0.05) is 45.5 Å². The van der Waals surface area contributed by atoms with Gasteiger partial charge in [0.2, 0.25) is 0 Å². The van der Waals surface area contributed by atoms with Gasteiger partial charge >= 0.3 is 0 Å². The zero-order valence-corrected chi connectivity index (χ0v) is 20.8. The molecule has 0 unspecified atom stereocenters. The number of piperidine rings is 1. The molecule has 2 saturated heterocycles. The highest BCUT2D eigenvalue weighted by Crippen LogP contribution is 2.36. The fourth-order valence-electron chi connectivity index (χ4n) is 4.11. The first kappa shape index (κ1) is 24.5. The molecule has 172 valence electrons. The molecule has 9 heteroatoms. The summed E-state index contributed by atoms with van der Waals surface area (Å²) in [5.74, 6) is 1.26. The van der Waals surface area contributed by atoms with Crippen LogP contribution < -0.4 is 10.5 Å². The highest BCUT2D eigenvalue weighted by atomic mass is 32.2. The quantitative estimate of drug-likeness (QED) is 0.340. The summed E-state index contributed by atoms with van der Waals surface area (Å²) in [6.45, 7) is 9.35. The molecule has 1 aromatic heterocycles. The molecule has 0 radical (unpaired) electrons. The number of amides is 1. The predicted molar refractivity (Wildman–Crippen MR) is 133 cm³/mol. The molecule has 0 N–H and O–H groups in total. The first-order valence-corrected chi connectivity index (χ1v) is 12.2. The number of carbonyl (C=O) groups excluding carboxylic acids is 1. The van der Waals surface area contributed by atoms with Crippen molar-refractivity contribution in [3.63, 3.8) is 0 Å². The number of nitrogens with zero attached hydrogens (tertiary/aromatic N) is 4. The van der Waals surface area contributed by atoms with Gasteiger partial charge in [-0.15, -0.1) is 0 Å². The van der Waals surface area contributed by atoms with Crippen LogP contribution in [0.25, 0.3) is 6.08 Å². The number of nitriles is 1. The summed E-state index contributed by atoms with van der Waals surface area (Å²) < 4.78 is 7.45. The molecule has 2 fully saturated rings. The van der Waals surface area contributed by atoms with Gasteiger partial charge in [-0.05, 0) is 50.7 Å². The maximum atomic E-state index is 13.1. The Morgan fingerprint density at radius 1 is 1.31 bits per heavy atom. The second-order valence-corrected chi connectivity index (χ2v) is 9.94. The Morgan fingerprint density at radius 3 is 2.62 bits per heavy atom. The average Bonchev–Trinajstić information content (AvgIpc) is 3.03. The van der Waals surface area contributed by atoms with Gasteiger partial charge in [0.05, 0.1) is 4.91 Å². The van der Waals surface area contributed by atoms with Crippen molar-refractivity contribution in [1.82, 2.24) is 9.47 Å². The predicted octanol–water partition coefficient (Wildman–Crippen LogP) is 3.43. The van der Waals surface area contributed by atoms with Crippen LogP contribution >= 0.6 is 24.0 Å². The minimum atomic E-state index is -0.306. The van der Waals surface area contributed by atoms with Crippen LogP contribution in [0.3, 0.4) is 0 Å². The molecule has 7 nitrogen and oxygen atoms in total. The van der Waals surface area contributed by atoms with E-state index < -0.39 is 0 Å². The number of hydrogen-bond acceptors (Lipinski definition) is 7. The number of carbonyl (C=O) groups is 1. The lowest BCUT2D eigenvalue weighted by atomic mass is 9.97. The number of aromatic nitrogens is 1. The normalized spacial score (nSPS) is 18.7. The topological polar surface area (TPSA) is 78.6 Å². The van der Waals surface area contributed by atoms with Crippen LogP contribution in [-0.4, -0.2) is 52.5 Å². The van der Waals surface area contributed by atoms with E-state index in [9.17, 15) is 14.9 Å². The molecule has 1 aromatic rings. The lowest BCUT2D eigenvalue weighted by molar-refractivity contribution is -0.122. The van der Waals surface area contributed by atoms with Crippen molar-refractivity contribution in [3.8, 4) is 6.07 Å². The van der Waals surface area contributed by atoms with E-state index in [0.29, 0.717) is 46.9 Å². The first-order valence-electron chi connectivity index (χ1n) is 11.0. The van der Waals surface area contributed by atoms with Crippen molar-refractivity contribution in [1.29, 1.82) is 5.26 Å². The summed E-state index contributed by atoms with van der Waals surface area (Å²) >= 11 is 6.72. The fraction of sp³-hybridized carbons (Fsp3) is 0.565. The van der Waals surface area contributed by atoms with Crippen LogP contribution in [-0.2, 0) is 16.6 Å². The van der Waals surface area contributed by atoms with Crippen molar-refractivity contribution < 1.29 is 9.53 Å². The molecule has 0 bridgehead atoms. The van der Waals surface area contributed by atoms with E-state index >= 15 is 0 Å². The van der Waals surface area contributed by atoms with Crippen LogP contribution in [0.5, 0.6) is 0 Å². The average molecular weight is 475 g/mol. The first-order chi connectivity index (χ1) is 15.3. The smallest absolute Gasteiger partial charge is 0.270 e. The molecule has 0 aromatic carbocycles. The SMILES string of the molecule is CCOCCCN1C(=O)/C(=C/c2c(C)c(C#N)c(=O)n(C)c2N2CCC(C)CC2)SC1=S. The van der Waals surface area contributed by atoms with E-state index in [1.807, 2.05) is 13.0 Å². The van der Waals surface area contributed by atoms with Crippen LogP contribution in [0.15, 0.2) is 9.70 Å². The minimum Gasteiger partial charge on any atom is -0.382 e. The Labute approximate surface area is 199 Å². The standard InChI is InChI=1S/C23H30N4O3S2/c1-5-30-12-6-9-27-22(29)19(32-23(27)31)13-17-16(3)18(14-24)21(28)25(4)20(17)26-10-7-15(2)8-11-26/h13,15H,5-12H2,1-4H3/b19-13-. The van der Waals surface area contributed by atoms with Gasteiger partial charge in [-0.25, -0.2) is 0 Å². The third-order valence-corrected chi connectivity index (χ3v) is 7.45. The summed E-state index contributed by atoms with van der Waals surface area (Å²) in [5.41, 5.74) is 1.15. The van der Waals surface area contributed by atoms with Crippen molar-refractivity contribution in [2.24, 2.45) is 13.0 Å². The van der Waals surface area contributed by atoms with E-state index in [1.165, 1.54) is 11.8 Å². The third kappa shape index (κ3) is 4.92. The van der Waals surface area contributed by atoms with Crippen LogP contribution in [0.1, 0.15) is 49.8 Å². The van der Waals surface area contributed by atoms with E-state index in [0.717, 1.165) is 37.3 Å². The van der Waals surface area contributed by atoms with E-state index in [4.69, 9.17) is 17.0 Å². The fourth-order valence-corrected chi connectivity index (χ4v) is 5.40. The zero-order valence-electron chi connectivity index (χ0n) is 19.1. The Bertz CT molecular complexity index is 1030. The summed E-state index contributed by atoms with van der Waals surface area (Å²) in [5, 5.41) is 9.61. The van der Waals surface area contributed by atoms with Crippen molar-refractivity contribution >= 4 is 46.1 Å². The van der Waals surface area contributed by atoms with Gasteiger partial charge in [-0.3, -0.25) is 19.1 Å². The zero-order chi connectivity index (χ0) is 23.4. The largest absolute Gasteiger partial charge is 0.382 e. The minimum absolute atomic E-state index is 0.111. The number of pyridine rings is 1. The van der Waals surface area contributed by atoms with Crippen LogP contribution in [0.2, 0.25) is 0 Å². The molecule has 0 atom stereocenters. The Hall–Kier alpha value is -2.15. The maximum absolute atomic E-state index is 13.1. The Balaban J connectivity index is 2.01. The Morgan fingerprint density at radius 2 is 2.00 bits per heavy atom. The van der Waals surface area contributed by atoms with Crippen molar-refractivity contribution in [2.75, 3.05) is 37.7 Å². The molecule has 0 aliphatic carbocycles. The van der Waals surface area contributed by atoms with Gasteiger partial charge in [-0.2, -0.15) is 5.26 Å². The van der Waals surface area contributed by atoms with Crippen molar-refractivity contribution in [3.05, 3.63) is 31.9 Å². The lowest BCUT2D eigenvalue weighted by Crippen LogP contribution is -2.38. The molecular weight excluding hydrogens is 444 g/mol. The summed E-state index contributed by atoms with van der Waals surface area (Å²) in [4.78, 5) is 30.3. The third-order valence-electron chi connectivity index (χ3n) is 6.07. The monoisotopic (exact) mass is 474 g/mol. The van der Waals surface area contributed by atoms with E-state index in [1.54, 1.807) is 23.4 Å². The maximum Gasteiger partial charge on any atom is 0.270 e. The molecule has 2 aliphatic rings. The van der Waals surface area contributed by atoms with E-state index in [2.05, 4.69) is 17.9 Å². The number of rotatable bonds is 7. The van der Waals surface area contributed by atoms with Crippen LogP contribution in [0.4, 0.5) is 5.82 Å². The number of ether oxygens (including phenoxy) is 1. The number of thiocarbonyl (C=S) groups is 1. The van der Waals surface area contributed by atoms with Gasteiger partial charge < -0.3 is 9.64 Å². The second-order valence-electron chi connectivity index (χ2n) is 8.27. The van der Waals surface area contributed by atoms with Crippen molar-refractivity contribution in [2.45, 2.75) is 40.0 Å². The Kier molecular flexibility index (Phi) is 8.15. The molecule has 32 heavy (non-hydrogen) atoms. The van der Waals surface area contributed by atoms with Gasteiger partial charge in [0.25, 0.3) is 11.5 Å². The molecule has 2 aliphatic heterocycles. The number of thioether (sulfide) groups is 1. The molecular formula is C23H30N4O3S2. The number of anilines is 1.